The van der Waals surface area contributed by atoms with E-state index in [9.17, 15) is 4.79 Å². The van der Waals surface area contributed by atoms with Crippen molar-refractivity contribution in [2.75, 3.05) is 6.54 Å². The molecule has 0 rings (SSSR count). The Morgan fingerprint density at radius 2 is 2.50 bits per heavy atom. The Balaban J connectivity index is 3.36. The van der Waals surface area contributed by atoms with Gasteiger partial charge in [-0.2, -0.15) is 5.26 Å². The lowest BCUT2D eigenvalue weighted by Crippen LogP contribution is -2.28. The summed E-state index contributed by atoms with van der Waals surface area (Å²) < 4.78 is 0. The Morgan fingerprint density at radius 1 is 1.90 bits per heavy atom. The molecule has 0 spiro atoms. The molecule has 0 aliphatic heterocycles. The Bertz CT molecular complexity index is 150. The maximum atomic E-state index is 10.0. The summed E-state index contributed by atoms with van der Waals surface area (Å²) in [6, 6.07) is 1.74. The molecule has 1 atom stereocenters. The van der Waals surface area contributed by atoms with Gasteiger partial charge in [0.15, 0.2) is 0 Å². The van der Waals surface area contributed by atoms with E-state index in [0.29, 0.717) is 0 Å². The normalized spacial score (nSPS) is 12.0. The highest BCUT2D eigenvalue weighted by Crippen LogP contribution is 1.87. The standard InChI is InChI=1S/C6H10N2O2/c1-5(4-6(9)10)8-3-2-7/h5,8H,3-4H2,1H3,(H,9,10). The number of rotatable bonds is 4. The van der Waals surface area contributed by atoms with E-state index in [2.05, 4.69) is 5.32 Å². The van der Waals surface area contributed by atoms with E-state index >= 15 is 0 Å². The highest BCUT2D eigenvalue weighted by molar-refractivity contribution is 5.67. The zero-order chi connectivity index (χ0) is 7.98. The zero-order valence-corrected chi connectivity index (χ0v) is 5.79. The smallest absolute Gasteiger partial charge is 0.304 e. The molecule has 4 nitrogen and oxygen atoms in total. The van der Waals surface area contributed by atoms with E-state index < -0.39 is 5.97 Å². The van der Waals surface area contributed by atoms with Crippen LogP contribution in [-0.2, 0) is 4.79 Å². The maximum Gasteiger partial charge on any atom is 0.304 e. The summed E-state index contributed by atoms with van der Waals surface area (Å²) in [7, 11) is 0. The second kappa shape index (κ2) is 4.77. The molecule has 0 bridgehead atoms. The molecule has 0 saturated heterocycles. The van der Waals surface area contributed by atoms with Crippen molar-refractivity contribution in [3.63, 3.8) is 0 Å². The van der Waals surface area contributed by atoms with Crippen LogP contribution in [0.25, 0.3) is 0 Å². The third-order valence-corrected chi connectivity index (χ3v) is 1.01. The molecule has 0 radical (unpaired) electrons. The fourth-order valence-electron chi connectivity index (χ4n) is 0.554. The number of hydrogen-bond acceptors (Lipinski definition) is 3. The fraction of sp³-hybridized carbons (Fsp3) is 0.667. The van der Waals surface area contributed by atoms with Crippen molar-refractivity contribution in [1.29, 1.82) is 5.26 Å². The van der Waals surface area contributed by atoms with Gasteiger partial charge in [0, 0.05) is 6.04 Å². The summed E-state index contributed by atoms with van der Waals surface area (Å²) >= 11 is 0. The average molecular weight is 142 g/mol. The van der Waals surface area contributed by atoms with Gasteiger partial charge in [0.1, 0.15) is 0 Å². The largest absolute Gasteiger partial charge is 0.481 e. The van der Waals surface area contributed by atoms with Crippen molar-refractivity contribution in [1.82, 2.24) is 5.32 Å². The van der Waals surface area contributed by atoms with Crippen LogP contribution in [0, 0.1) is 11.3 Å². The predicted molar refractivity (Wildman–Crippen MR) is 35.3 cm³/mol. The molecule has 0 aromatic carbocycles. The van der Waals surface area contributed by atoms with Crippen LogP contribution < -0.4 is 5.32 Å². The number of carboxylic acid groups (broad SMARTS) is 1. The summed E-state index contributed by atoms with van der Waals surface area (Å²) in [5.74, 6) is -0.849. The van der Waals surface area contributed by atoms with Crippen LogP contribution in [0.3, 0.4) is 0 Å². The Kier molecular flexibility index (Phi) is 4.25. The molecular weight excluding hydrogens is 132 g/mol. The molecule has 56 valence electrons. The van der Waals surface area contributed by atoms with E-state index in [1.165, 1.54) is 0 Å². The van der Waals surface area contributed by atoms with E-state index in [-0.39, 0.29) is 19.0 Å². The minimum Gasteiger partial charge on any atom is -0.481 e. The van der Waals surface area contributed by atoms with Gasteiger partial charge in [-0.3, -0.25) is 4.79 Å². The van der Waals surface area contributed by atoms with E-state index in [4.69, 9.17) is 10.4 Å². The Morgan fingerprint density at radius 3 is 2.90 bits per heavy atom. The van der Waals surface area contributed by atoms with Crippen LogP contribution >= 0.6 is 0 Å². The number of nitriles is 1. The van der Waals surface area contributed by atoms with E-state index in [0.717, 1.165) is 0 Å². The second-order valence-corrected chi connectivity index (χ2v) is 2.04. The lowest BCUT2D eigenvalue weighted by atomic mass is 10.2. The summed E-state index contributed by atoms with van der Waals surface area (Å²) in [6.07, 6.45) is 0.0572. The van der Waals surface area contributed by atoms with Crippen LogP contribution in [0.1, 0.15) is 13.3 Å². The number of nitrogens with one attached hydrogen (secondary N) is 1. The number of carboxylic acids is 1. The molecule has 0 amide bonds. The molecule has 0 aromatic rings. The summed E-state index contributed by atoms with van der Waals surface area (Å²) in [5.41, 5.74) is 0. The van der Waals surface area contributed by atoms with Crippen molar-refractivity contribution in [2.45, 2.75) is 19.4 Å². The molecule has 0 saturated carbocycles. The molecular formula is C6H10N2O2. The highest BCUT2D eigenvalue weighted by atomic mass is 16.4. The summed E-state index contributed by atoms with van der Waals surface area (Å²) in [6.45, 7) is 1.93. The van der Waals surface area contributed by atoms with Crippen molar-refractivity contribution < 1.29 is 9.90 Å². The van der Waals surface area contributed by atoms with Crippen LogP contribution in [0.15, 0.2) is 0 Å². The molecule has 0 aliphatic rings. The molecule has 1 unspecified atom stereocenters. The first-order valence-corrected chi connectivity index (χ1v) is 2.99. The Hall–Kier alpha value is -1.08. The topological polar surface area (TPSA) is 73.1 Å². The number of carbonyl (C=O) groups is 1. The number of nitrogens with zero attached hydrogens (tertiary/aromatic N) is 1. The molecule has 10 heavy (non-hydrogen) atoms. The summed E-state index contributed by atoms with van der Waals surface area (Å²) in [4.78, 5) is 10.0. The maximum absolute atomic E-state index is 10.0. The van der Waals surface area contributed by atoms with E-state index in [1.54, 1.807) is 6.92 Å². The van der Waals surface area contributed by atoms with Crippen molar-refractivity contribution in [3.05, 3.63) is 0 Å². The second-order valence-electron chi connectivity index (χ2n) is 2.04. The van der Waals surface area contributed by atoms with Crippen molar-refractivity contribution >= 4 is 5.97 Å². The molecule has 0 aliphatic carbocycles. The minimum absolute atomic E-state index is 0.0572. The van der Waals surface area contributed by atoms with Gasteiger partial charge in [-0.05, 0) is 6.92 Å². The molecule has 0 aromatic heterocycles. The predicted octanol–water partition coefficient (Wildman–Crippen LogP) is -0.0372. The Labute approximate surface area is 59.5 Å². The zero-order valence-electron chi connectivity index (χ0n) is 5.79. The fourth-order valence-corrected chi connectivity index (χ4v) is 0.554. The third kappa shape index (κ3) is 5.06. The van der Waals surface area contributed by atoms with Gasteiger partial charge in [0.2, 0.25) is 0 Å². The van der Waals surface area contributed by atoms with Crippen LogP contribution in [0.5, 0.6) is 0 Å². The van der Waals surface area contributed by atoms with Crippen LogP contribution in [0.4, 0.5) is 0 Å². The van der Waals surface area contributed by atoms with Crippen LogP contribution in [-0.4, -0.2) is 23.7 Å². The minimum atomic E-state index is -0.849. The van der Waals surface area contributed by atoms with Gasteiger partial charge in [0.25, 0.3) is 0 Å². The summed E-state index contributed by atoms with van der Waals surface area (Å²) in [5, 5.41) is 19.1. The quantitative estimate of drug-likeness (QED) is 0.540. The van der Waals surface area contributed by atoms with Crippen molar-refractivity contribution in [3.8, 4) is 6.07 Å². The first-order chi connectivity index (χ1) is 4.66. The number of hydrogen-bond donors (Lipinski definition) is 2. The molecule has 4 heteroatoms. The van der Waals surface area contributed by atoms with Gasteiger partial charge in [-0.1, -0.05) is 0 Å². The number of aliphatic carboxylic acids is 1. The lowest BCUT2D eigenvalue weighted by molar-refractivity contribution is -0.137. The van der Waals surface area contributed by atoms with E-state index in [1.807, 2.05) is 6.07 Å². The van der Waals surface area contributed by atoms with Crippen molar-refractivity contribution in [2.24, 2.45) is 0 Å². The third-order valence-electron chi connectivity index (χ3n) is 1.01. The average Bonchev–Trinajstić information content (AvgIpc) is 1.82. The van der Waals surface area contributed by atoms with Gasteiger partial charge < -0.3 is 10.4 Å². The lowest BCUT2D eigenvalue weighted by Gasteiger charge is -2.06. The highest BCUT2D eigenvalue weighted by Gasteiger charge is 2.04. The van der Waals surface area contributed by atoms with Gasteiger partial charge >= 0.3 is 5.97 Å². The molecule has 2 N–H and O–H groups in total. The SMILES string of the molecule is CC(CC(=O)O)NCC#N. The van der Waals surface area contributed by atoms with Gasteiger partial charge in [0.05, 0.1) is 19.0 Å². The first-order valence-electron chi connectivity index (χ1n) is 2.99. The first kappa shape index (κ1) is 8.92. The van der Waals surface area contributed by atoms with Gasteiger partial charge in [-0.25, -0.2) is 0 Å². The molecule has 0 heterocycles. The monoisotopic (exact) mass is 142 g/mol. The molecule has 0 fully saturated rings. The van der Waals surface area contributed by atoms with Crippen LogP contribution in [0.2, 0.25) is 0 Å². The van der Waals surface area contributed by atoms with Gasteiger partial charge in [-0.15, -0.1) is 0 Å².